The molecular formula is C18H21N3O3S. The maximum absolute atomic E-state index is 12.5. The van der Waals surface area contributed by atoms with Crippen molar-refractivity contribution in [1.82, 2.24) is 15.6 Å². The Morgan fingerprint density at radius 1 is 1.32 bits per heavy atom. The molecule has 0 radical (unpaired) electrons. The van der Waals surface area contributed by atoms with Crippen LogP contribution in [0.5, 0.6) is 11.5 Å². The Kier molecular flexibility index (Phi) is 4.59. The molecule has 132 valence electrons. The molecule has 2 unspecified atom stereocenters. The van der Waals surface area contributed by atoms with Crippen molar-refractivity contribution in [2.24, 2.45) is 5.92 Å². The molecule has 1 fully saturated rings. The summed E-state index contributed by atoms with van der Waals surface area (Å²) < 4.78 is 11.2. The zero-order valence-electron chi connectivity index (χ0n) is 14.1. The van der Waals surface area contributed by atoms with E-state index in [1.165, 1.54) is 11.3 Å². The van der Waals surface area contributed by atoms with E-state index in [1.54, 1.807) is 0 Å². The Morgan fingerprint density at radius 3 is 3.00 bits per heavy atom. The van der Waals surface area contributed by atoms with Gasteiger partial charge in [-0.3, -0.25) is 4.79 Å². The van der Waals surface area contributed by atoms with Crippen LogP contribution in [0.15, 0.2) is 23.6 Å². The molecule has 2 aliphatic heterocycles. The molecule has 1 aromatic carbocycles. The number of fused-ring (bicyclic) bond motifs is 1. The molecule has 2 N–H and O–H groups in total. The SMILES string of the molecule is CC1CCNCC1NC(=O)c1csc(-c2ccc3c(c2)OCCO3)n1. The van der Waals surface area contributed by atoms with E-state index in [2.05, 4.69) is 22.5 Å². The normalized spacial score (nSPS) is 22.4. The number of nitrogens with one attached hydrogen (secondary N) is 2. The van der Waals surface area contributed by atoms with Crippen LogP contribution in [-0.2, 0) is 0 Å². The van der Waals surface area contributed by atoms with Gasteiger partial charge in [0.1, 0.15) is 23.9 Å². The highest BCUT2D eigenvalue weighted by Gasteiger charge is 2.24. The lowest BCUT2D eigenvalue weighted by Gasteiger charge is -2.29. The van der Waals surface area contributed by atoms with Gasteiger partial charge in [-0.2, -0.15) is 0 Å². The summed E-state index contributed by atoms with van der Waals surface area (Å²) in [6.07, 6.45) is 1.07. The largest absolute Gasteiger partial charge is 0.486 e. The predicted molar refractivity (Wildman–Crippen MR) is 96.4 cm³/mol. The zero-order chi connectivity index (χ0) is 17.2. The number of carbonyl (C=O) groups is 1. The van der Waals surface area contributed by atoms with Crippen molar-refractivity contribution in [1.29, 1.82) is 0 Å². The van der Waals surface area contributed by atoms with E-state index in [9.17, 15) is 4.79 Å². The van der Waals surface area contributed by atoms with Gasteiger partial charge in [-0.25, -0.2) is 4.98 Å². The highest BCUT2D eigenvalue weighted by molar-refractivity contribution is 7.13. The number of rotatable bonds is 3. The van der Waals surface area contributed by atoms with Gasteiger partial charge in [0.05, 0.1) is 0 Å². The van der Waals surface area contributed by atoms with Gasteiger partial charge >= 0.3 is 0 Å². The number of thiazole rings is 1. The first-order valence-corrected chi connectivity index (χ1v) is 9.46. The van der Waals surface area contributed by atoms with Crippen LogP contribution >= 0.6 is 11.3 Å². The number of amides is 1. The van der Waals surface area contributed by atoms with Crippen molar-refractivity contribution in [3.8, 4) is 22.1 Å². The fourth-order valence-corrected chi connectivity index (χ4v) is 3.91. The van der Waals surface area contributed by atoms with Crippen molar-refractivity contribution < 1.29 is 14.3 Å². The summed E-state index contributed by atoms with van der Waals surface area (Å²) in [6, 6.07) is 5.91. The number of piperidine rings is 1. The summed E-state index contributed by atoms with van der Waals surface area (Å²) in [4.78, 5) is 17.0. The quantitative estimate of drug-likeness (QED) is 0.880. The number of ether oxygens (including phenoxy) is 2. The minimum Gasteiger partial charge on any atom is -0.486 e. The molecule has 6 nitrogen and oxygen atoms in total. The number of hydrogen-bond donors (Lipinski definition) is 2. The van der Waals surface area contributed by atoms with Crippen LogP contribution in [0.1, 0.15) is 23.8 Å². The molecule has 0 bridgehead atoms. The van der Waals surface area contributed by atoms with E-state index in [0.29, 0.717) is 24.8 Å². The zero-order valence-corrected chi connectivity index (χ0v) is 14.9. The van der Waals surface area contributed by atoms with Crippen molar-refractivity contribution >= 4 is 17.2 Å². The van der Waals surface area contributed by atoms with Gasteiger partial charge in [0, 0.05) is 23.5 Å². The predicted octanol–water partition coefficient (Wildman–Crippen LogP) is 2.31. The second-order valence-electron chi connectivity index (χ2n) is 6.45. The summed E-state index contributed by atoms with van der Waals surface area (Å²) >= 11 is 1.46. The van der Waals surface area contributed by atoms with E-state index in [-0.39, 0.29) is 11.9 Å². The van der Waals surface area contributed by atoms with E-state index >= 15 is 0 Å². The monoisotopic (exact) mass is 359 g/mol. The lowest BCUT2D eigenvalue weighted by atomic mass is 9.95. The molecule has 1 amide bonds. The average molecular weight is 359 g/mol. The van der Waals surface area contributed by atoms with Crippen LogP contribution in [0.2, 0.25) is 0 Å². The number of aromatic nitrogens is 1. The molecule has 7 heteroatoms. The lowest BCUT2D eigenvalue weighted by Crippen LogP contribution is -2.50. The van der Waals surface area contributed by atoms with Gasteiger partial charge in [0.15, 0.2) is 11.5 Å². The van der Waals surface area contributed by atoms with Crippen LogP contribution < -0.4 is 20.1 Å². The first kappa shape index (κ1) is 16.4. The van der Waals surface area contributed by atoms with Crippen molar-refractivity contribution in [2.45, 2.75) is 19.4 Å². The molecule has 0 spiro atoms. The van der Waals surface area contributed by atoms with Crippen molar-refractivity contribution in [3.63, 3.8) is 0 Å². The third-order valence-electron chi connectivity index (χ3n) is 4.67. The topological polar surface area (TPSA) is 72.5 Å². The van der Waals surface area contributed by atoms with Gasteiger partial charge in [0.2, 0.25) is 0 Å². The second-order valence-corrected chi connectivity index (χ2v) is 7.30. The number of hydrogen-bond acceptors (Lipinski definition) is 6. The summed E-state index contributed by atoms with van der Waals surface area (Å²) in [7, 11) is 0. The first-order chi connectivity index (χ1) is 12.2. The maximum atomic E-state index is 12.5. The molecule has 2 aromatic rings. The van der Waals surface area contributed by atoms with Crippen molar-refractivity contribution in [2.75, 3.05) is 26.3 Å². The molecule has 0 aliphatic carbocycles. The van der Waals surface area contributed by atoms with E-state index in [1.807, 2.05) is 23.6 Å². The van der Waals surface area contributed by atoms with E-state index in [4.69, 9.17) is 9.47 Å². The van der Waals surface area contributed by atoms with Gasteiger partial charge in [0.25, 0.3) is 5.91 Å². The minimum atomic E-state index is -0.111. The van der Waals surface area contributed by atoms with E-state index in [0.717, 1.165) is 41.6 Å². The second kappa shape index (κ2) is 7.01. The molecule has 1 aromatic heterocycles. The van der Waals surface area contributed by atoms with Crippen molar-refractivity contribution in [3.05, 3.63) is 29.3 Å². The minimum absolute atomic E-state index is 0.111. The van der Waals surface area contributed by atoms with Gasteiger partial charge in [-0.05, 0) is 37.1 Å². The third-order valence-corrected chi connectivity index (χ3v) is 5.56. The highest BCUT2D eigenvalue weighted by Crippen LogP contribution is 2.35. The van der Waals surface area contributed by atoms with Gasteiger partial charge in [-0.15, -0.1) is 11.3 Å². The molecule has 25 heavy (non-hydrogen) atoms. The van der Waals surface area contributed by atoms with Crippen LogP contribution in [0.3, 0.4) is 0 Å². The first-order valence-electron chi connectivity index (χ1n) is 8.58. The average Bonchev–Trinajstić information content (AvgIpc) is 3.13. The summed E-state index contributed by atoms with van der Waals surface area (Å²) in [5.74, 6) is 1.84. The molecule has 2 aliphatic rings. The smallest absolute Gasteiger partial charge is 0.271 e. The Morgan fingerprint density at radius 2 is 2.16 bits per heavy atom. The third kappa shape index (κ3) is 3.48. The number of carbonyl (C=O) groups excluding carboxylic acids is 1. The lowest BCUT2D eigenvalue weighted by molar-refractivity contribution is 0.0911. The summed E-state index contributed by atoms with van der Waals surface area (Å²) in [5, 5.41) is 9.03. The number of benzene rings is 1. The van der Waals surface area contributed by atoms with Gasteiger partial charge in [-0.1, -0.05) is 6.92 Å². The van der Waals surface area contributed by atoms with Gasteiger partial charge < -0.3 is 20.1 Å². The van der Waals surface area contributed by atoms with Crippen LogP contribution in [-0.4, -0.2) is 43.2 Å². The fourth-order valence-electron chi connectivity index (χ4n) is 3.11. The molecule has 2 atom stereocenters. The molecule has 0 saturated carbocycles. The Balaban J connectivity index is 1.49. The molecular weight excluding hydrogens is 338 g/mol. The summed E-state index contributed by atoms with van der Waals surface area (Å²) in [6.45, 7) is 5.12. The Bertz CT molecular complexity index is 777. The Labute approximate surface area is 150 Å². The van der Waals surface area contributed by atoms with Crippen LogP contribution in [0, 0.1) is 5.92 Å². The molecule has 4 rings (SSSR count). The number of nitrogens with zero attached hydrogens (tertiary/aromatic N) is 1. The molecule has 1 saturated heterocycles. The maximum Gasteiger partial charge on any atom is 0.271 e. The Hall–Kier alpha value is -2.12. The fraction of sp³-hybridized carbons (Fsp3) is 0.444. The van der Waals surface area contributed by atoms with E-state index < -0.39 is 0 Å². The highest BCUT2D eigenvalue weighted by atomic mass is 32.1. The van der Waals surface area contributed by atoms with Crippen LogP contribution in [0.25, 0.3) is 10.6 Å². The molecule has 3 heterocycles. The van der Waals surface area contributed by atoms with Crippen LogP contribution in [0.4, 0.5) is 0 Å². The summed E-state index contributed by atoms with van der Waals surface area (Å²) in [5.41, 5.74) is 1.40. The standard InChI is InChI=1S/C18H21N3O3S/c1-11-4-5-19-9-13(11)20-17(22)14-10-25-18(21-14)12-2-3-15-16(8-12)24-7-6-23-15/h2-3,8,10-11,13,19H,4-7,9H2,1H3,(H,20,22).